The van der Waals surface area contributed by atoms with Gasteiger partial charge in [-0.25, -0.2) is 13.1 Å². The average molecular weight is 299 g/mol. The fourth-order valence-corrected chi connectivity index (χ4v) is 3.36. The van der Waals surface area contributed by atoms with Gasteiger partial charge in [-0.2, -0.15) is 0 Å². The Morgan fingerprint density at radius 3 is 2.90 bits per heavy atom. The third-order valence-corrected chi connectivity index (χ3v) is 4.80. The molecular weight excluding hydrogens is 278 g/mol. The number of sulfonamides is 1. The summed E-state index contributed by atoms with van der Waals surface area (Å²) in [7, 11) is -1.61. The van der Waals surface area contributed by atoms with E-state index in [1.165, 1.54) is 6.07 Å². The second-order valence-electron chi connectivity index (χ2n) is 5.15. The zero-order valence-electron chi connectivity index (χ0n) is 11.8. The standard InChI is InChI=1S/C13H21N3O3S/c1-10-3-4-13(12(14)7-10)20(17,18)15-8-11-9-16(2)5-6-19-11/h3-4,7,11,15H,5-6,8-9,14H2,1-2H3. The number of nitrogens with two attached hydrogens (primary N) is 1. The van der Waals surface area contributed by atoms with Crippen LogP contribution in [0, 0.1) is 6.92 Å². The van der Waals surface area contributed by atoms with E-state index in [2.05, 4.69) is 9.62 Å². The molecule has 1 aromatic rings. The molecule has 1 aliphatic heterocycles. The lowest BCUT2D eigenvalue weighted by molar-refractivity contribution is -0.0156. The van der Waals surface area contributed by atoms with Crippen molar-refractivity contribution < 1.29 is 13.2 Å². The lowest BCUT2D eigenvalue weighted by atomic mass is 10.2. The molecular formula is C13H21N3O3S. The van der Waals surface area contributed by atoms with Crippen LogP contribution < -0.4 is 10.5 Å². The van der Waals surface area contributed by atoms with Gasteiger partial charge in [-0.1, -0.05) is 6.07 Å². The molecule has 0 saturated carbocycles. The maximum atomic E-state index is 12.2. The van der Waals surface area contributed by atoms with Gasteiger partial charge in [0, 0.05) is 19.6 Å². The van der Waals surface area contributed by atoms with Gasteiger partial charge in [-0.05, 0) is 31.7 Å². The monoisotopic (exact) mass is 299 g/mol. The third kappa shape index (κ3) is 3.69. The zero-order chi connectivity index (χ0) is 14.8. The highest BCUT2D eigenvalue weighted by Crippen LogP contribution is 2.19. The van der Waals surface area contributed by atoms with E-state index < -0.39 is 10.0 Å². The number of aryl methyl sites for hydroxylation is 1. The summed E-state index contributed by atoms with van der Waals surface area (Å²) in [4.78, 5) is 2.23. The molecule has 1 heterocycles. The number of nitrogens with one attached hydrogen (secondary N) is 1. The van der Waals surface area contributed by atoms with E-state index >= 15 is 0 Å². The minimum absolute atomic E-state index is 0.118. The number of benzene rings is 1. The predicted molar refractivity (Wildman–Crippen MR) is 78.0 cm³/mol. The smallest absolute Gasteiger partial charge is 0.242 e. The summed E-state index contributed by atoms with van der Waals surface area (Å²) in [6, 6.07) is 4.91. The minimum Gasteiger partial charge on any atom is -0.398 e. The molecule has 0 aromatic heterocycles. The molecule has 1 fully saturated rings. The van der Waals surface area contributed by atoms with Crippen molar-refractivity contribution in [1.29, 1.82) is 0 Å². The van der Waals surface area contributed by atoms with Crippen LogP contribution in [0.25, 0.3) is 0 Å². The topological polar surface area (TPSA) is 84.7 Å². The Kier molecular flexibility index (Phi) is 4.64. The maximum absolute atomic E-state index is 12.2. The molecule has 0 bridgehead atoms. The van der Waals surface area contributed by atoms with Crippen LogP contribution in [-0.4, -0.2) is 52.7 Å². The highest BCUT2D eigenvalue weighted by atomic mass is 32.2. The van der Waals surface area contributed by atoms with Crippen LogP contribution in [-0.2, 0) is 14.8 Å². The van der Waals surface area contributed by atoms with Gasteiger partial charge in [-0.3, -0.25) is 0 Å². The van der Waals surface area contributed by atoms with Crippen molar-refractivity contribution in [2.75, 3.05) is 39.0 Å². The molecule has 112 valence electrons. The number of rotatable bonds is 4. The highest BCUT2D eigenvalue weighted by molar-refractivity contribution is 7.89. The Labute approximate surface area is 120 Å². The molecule has 1 aromatic carbocycles. The van der Waals surface area contributed by atoms with E-state index in [4.69, 9.17) is 10.5 Å². The molecule has 0 aliphatic carbocycles. The molecule has 0 radical (unpaired) electrons. The molecule has 7 heteroatoms. The first-order valence-electron chi connectivity index (χ1n) is 6.54. The molecule has 1 aliphatic rings. The van der Waals surface area contributed by atoms with E-state index in [0.717, 1.165) is 12.1 Å². The van der Waals surface area contributed by atoms with Gasteiger partial charge in [-0.15, -0.1) is 0 Å². The summed E-state index contributed by atoms with van der Waals surface area (Å²) >= 11 is 0. The Morgan fingerprint density at radius 1 is 1.50 bits per heavy atom. The van der Waals surface area contributed by atoms with E-state index in [-0.39, 0.29) is 23.2 Å². The van der Waals surface area contributed by atoms with Crippen LogP contribution in [0.2, 0.25) is 0 Å². The molecule has 3 N–H and O–H groups in total. The van der Waals surface area contributed by atoms with Crippen molar-refractivity contribution in [3.8, 4) is 0 Å². The first kappa shape index (κ1) is 15.2. The number of hydrogen-bond acceptors (Lipinski definition) is 5. The first-order chi connectivity index (χ1) is 9.38. The second-order valence-corrected chi connectivity index (χ2v) is 6.88. The number of nitrogens with zero attached hydrogens (tertiary/aromatic N) is 1. The SMILES string of the molecule is Cc1ccc(S(=O)(=O)NCC2CN(C)CCO2)c(N)c1. The maximum Gasteiger partial charge on any atom is 0.242 e. The van der Waals surface area contributed by atoms with Crippen molar-refractivity contribution in [1.82, 2.24) is 9.62 Å². The number of hydrogen-bond donors (Lipinski definition) is 2. The van der Waals surface area contributed by atoms with Gasteiger partial charge in [0.2, 0.25) is 10.0 Å². The largest absolute Gasteiger partial charge is 0.398 e. The summed E-state index contributed by atoms with van der Waals surface area (Å²) in [5, 5.41) is 0. The second kappa shape index (κ2) is 6.09. The summed E-state index contributed by atoms with van der Waals surface area (Å²) in [6.45, 7) is 4.32. The van der Waals surface area contributed by atoms with E-state index in [9.17, 15) is 8.42 Å². The molecule has 0 amide bonds. The van der Waals surface area contributed by atoms with Crippen LogP contribution in [0.5, 0.6) is 0 Å². The lowest BCUT2D eigenvalue weighted by Gasteiger charge is -2.30. The third-order valence-electron chi connectivity index (χ3n) is 3.30. The van der Waals surface area contributed by atoms with Gasteiger partial charge in [0.1, 0.15) is 4.90 Å². The van der Waals surface area contributed by atoms with Crippen molar-refractivity contribution in [3.05, 3.63) is 23.8 Å². The number of anilines is 1. The molecule has 20 heavy (non-hydrogen) atoms. The molecule has 1 unspecified atom stereocenters. The normalized spacial score (nSPS) is 21.0. The number of nitrogen functional groups attached to an aromatic ring is 1. The lowest BCUT2D eigenvalue weighted by Crippen LogP contribution is -2.45. The van der Waals surface area contributed by atoms with Gasteiger partial charge in [0.15, 0.2) is 0 Å². The highest BCUT2D eigenvalue weighted by Gasteiger charge is 2.22. The number of ether oxygens (including phenoxy) is 1. The van der Waals surface area contributed by atoms with Crippen molar-refractivity contribution in [3.63, 3.8) is 0 Å². The van der Waals surface area contributed by atoms with Crippen LogP contribution >= 0.6 is 0 Å². The zero-order valence-corrected chi connectivity index (χ0v) is 12.6. The molecule has 6 nitrogen and oxygen atoms in total. The number of morpholine rings is 1. The summed E-state index contributed by atoms with van der Waals surface area (Å²) in [5.74, 6) is 0. The fraction of sp³-hybridized carbons (Fsp3) is 0.538. The molecule has 0 spiro atoms. The first-order valence-corrected chi connectivity index (χ1v) is 8.03. The fourth-order valence-electron chi connectivity index (χ4n) is 2.18. The van der Waals surface area contributed by atoms with Crippen molar-refractivity contribution in [2.24, 2.45) is 0 Å². The summed E-state index contributed by atoms with van der Waals surface area (Å²) in [6.07, 6.45) is -0.129. The Bertz CT molecular complexity index is 574. The minimum atomic E-state index is -3.60. The van der Waals surface area contributed by atoms with E-state index in [0.29, 0.717) is 13.2 Å². The van der Waals surface area contributed by atoms with Crippen LogP contribution in [0.15, 0.2) is 23.1 Å². The van der Waals surface area contributed by atoms with Gasteiger partial charge in [0.25, 0.3) is 0 Å². The van der Waals surface area contributed by atoms with Crippen molar-refractivity contribution in [2.45, 2.75) is 17.9 Å². The number of likely N-dealkylation sites (N-methyl/N-ethyl adjacent to an activating group) is 1. The van der Waals surface area contributed by atoms with Crippen molar-refractivity contribution >= 4 is 15.7 Å². The Hall–Kier alpha value is -1.15. The van der Waals surface area contributed by atoms with Crippen LogP contribution in [0.4, 0.5) is 5.69 Å². The summed E-state index contributed by atoms with van der Waals surface area (Å²) < 4.78 is 32.6. The van der Waals surface area contributed by atoms with Gasteiger partial charge >= 0.3 is 0 Å². The molecule has 2 rings (SSSR count). The van der Waals surface area contributed by atoms with Gasteiger partial charge < -0.3 is 15.4 Å². The van der Waals surface area contributed by atoms with E-state index in [1.54, 1.807) is 12.1 Å². The van der Waals surface area contributed by atoms with Crippen LogP contribution in [0.3, 0.4) is 0 Å². The Morgan fingerprint density at radius 2 is 2.25 bits per heavy atom. The van der Waals surface area contributed by atoms with E-state index in [1.807, 2.05) is 14.0 Å². The average Bonchev–Trinajstić information content (AvgIpc) is 2.36. The Balaban J connectivity index is 2.03. The van der Waals surface area contributed by atoms with Crippen LogP contribution in [0.1, 0.15) is 5.56 Å². The predicted octanol–water partition coefficient (Wildman–Crippen LogP) is 0.186. The van der Waals surface area contributed by atoms with Gasteiger partial charge in [0.05, 0.1) is 18.4 Å². The molecule has 1 atom stereocenters. The summed E-state index contributed by atoms with van der Waals surface area (Å²) in [5.41, 5.74) is 6.97. The molecule has 1 saturated heterocycles. The quantitative estimate of drug-likeness (QED) is 0.775.